The van der Waals surface area contributed by atoms with Gasteiger partial charge < -0.3 is 4.74 Å². The SMILES string of the molecule is CCNC(C)(C#N)COc1cccc(C(C)C)c1. The lowest BCUT2D eigenvalue weighted by Gasteiger charge is -2.22. The molecule has 3 heteroatoms. The molecule has 0 saturated carbocycles. The van der Waals surface area contributed by atoms with Crippen molar-refractivity contribution in [1.82, 2.24) is 5.32 Å². The molecule has 0 aliphatic carbocycles. The quantitative estimate of drug-likeness (QED) is 0.839. The van der Waals surface area contributed by atoms with Gasteiger partial charge in [-0.15, -0.1) is 0 Å². The summed E-state index contributed by atoms with van der Waals surface area (Å²) in [5.74, 6) is 1.30. The molecule has 0 aliphatic heterocycles. The number of rotatable bonds is 6. The van der Waals surface area contributed by atoms with Crippen LogP contribution in [-0.2, 0) is 0 Å². The molecule has 0 amide bonds. The molecule has 18 heavy (non-hydrogen) atoms. The van der Waals surface area contributed by atoms with Gasteiger partial charge in [-0.05, 0) is 37.1 Å². The predicted octanol–water partition coefficient (Wildman–Crippen LogP) is 3.08. The Morgan fingerprint density at radius 3 is 2.72 bits per heavy atom. The fraction of sp³-hybridized carbons (Fsp3) is 0.533. The summed E-state index contributed by atoms with van der Waals surface area (Å²) in [5, 5.41) is 12.3. The van der Waals surface area contributed by atoms with E-state index in [-0.39, 0.29) is 0 Å². The fourth-order valence-electron chi connectivity index (χ4n) is 1.70. The first-order valence-electron chi connectivity index (χ1n) is 6.40. The Morgan fingerprint density at radius 2 is 2.17 bits per heavy atom. The van der Waals surface area contributed by atoms with Crippen molar-refractivity contribution in [3.63, 3.8) is 0 Å². The van der Waals surface area contributed by atoms with E-state index in [0.717, 1.165) is 12.3 Å². The van der Waals surface area contributed by atoms with Gasteiger partial charge in [-0.3, -0.25) is 5.32 Å². The van der Waals surface area contributed by atoms with Gasteiger partial charge in [0.2, 0.25) is 0 Å². The topological polar surface area (TPSA) is 45.0 Å². The lowest BCUT2D eigenvalue weighted by atomic mass is 10.0. The number of hydrogen-bond donors (Lipinski definition) is 1. The third-order valence-electron chi connectivity index (χ3n) is 2.87. The molecule has 0 aromatic heterocycles. The van der Waals surface area contributed by atoms with Gasteiger partial charge in [-0.1, -0.05) is 32.9 Å². The van der Waals surface area contributed by atoms with Crippen molar-refractivity contribution >= 4 is 0 Å². The number of nitrogens with one attached hydrogen (secondary N) is 1. The van der Waals surface area contributed by atoms with Gasteiger partial charge in [0.25, 0.3) is 0 Å². The molecular weight excluding hydrogens is 224 g/mol. The van der Waals surface area contributed by atoms with Crippen molar-refractivity contribution in [3.05, 3.63) is 29.8 Å². The maximum atomic E-state index is 9.14. The monoisotopic (exact) mass is 246 g/mol. The summed E-state index contributed by atoms with van der Waals surface area (Å²) in [5.41, 5.74) is 0.609. The zero-order valence-corrected chi connectivity index (χ0v) is 11.7. The molecule has 1 rings (SSSR count). The first kappa shape index (κ1) is 14.5. The van der Waals surface area contributed by atoms with Crippen LogP contribution in [0, 0.1) is 11.3 Å². The van der Waals surface area contributed by atoms with E-state index in [9.17, 15) is 0 Å². The number of nitriles is 1. The average Bonchev–Trinajstić information content (AvgIpc) is 2.37. The van der Waals surface area contributed by atoms with Crippen LogP contribution >= 0.6 is 0 Å². The minimum absolute atomic E-state index is 0.346. The molecule has 1 aromatic rings. The van der Waals surface area contributed by atoms with Gasteiger partial charge in [0.15, 0.2) is 0 Å². The van der Waals surface area contributed by atoms with Crippen LogP contribution < -0.4 is 10.1 Å². The fourth-order valence-corrected chi connectivity index (χ4v) is 1.70. The lowest BCUT2D eigenvalue weighted by molar-refractivity contribution is 0.236. The van der Waals surface area contributed by atoms with Crippen molar-refractivity contribution in [2.75, 3.05) is 13.2 Å². The van der Waals surface area contributed by atoms with E-state index in [0.29, 0.717) is 12.5 Å². The Morgan fingerprint density at radius 1 is 1.44 bits per heavy atom. The maximum absolute atomic E-state index is 9.14. The van der Waals surface area contributed by atoms with Crippen LogP contribution in [0.4, 0.5) is 0 Å². The van der Waals surface area contributed by atoms with Crippen LogP contribution in [0.15, 0.2) is 24.3 Å². The van der Waals surface area contributed by atoms with E-state index in [2.05, 4.69) is 31.3 Å². The van der Waals surface area contributed by atoms with Crippen LogP contribution in [0.25, 0.3) is 0 Å². The van der Waals surface area contributed by atoms with Crippen molar-refractivity contribution in [2.24, 2.45) is 0 Å². The average molecular weight is 246 g/mol. The number of nitrogens with zero attached hydrogens (tertiary/aromatic N) is 1. The summed E-state index contributed by atoms with van der Waals surface area (Å²) >= 11 is 0. The lowest BCUT2D eigenvalue weighted by Crippen LogP contribution is -2.46. The van der Waals surface area contributed by atoms with Crippen LogP contribution in [0.2, 0.25) is 0 Å². The molecule has 0 fully saturated rings. The maximum Gasteiger partial charge on any atom is 0.138 e. The molecule has 0 radical (unpaired) electrons. The number of benzene rings is 1. The van der Waals surface area contributed by atoms with Gasteiger partial charge >= 0.3 is 0 Å². The van der Waals surface area contributed by atoms with Crippen molar-refractivity contribution < 1.29 is 4.74 Å². The highest BCUT2D eigenvalue weighted by atomic mass is 16.5. The summed E-state index contributed by atoms with van der Waals surface area (Å²) in [6.07, 6.45) is 0. The zero-order chi connectivity index (χ0) is 13.6. The minimum atomic E-state index is -0.636. The summed E-state index contributed by atoms with van der Waals surface area (Å²) in [6.45, 7) is 9.23. The Bertz CT molecular complexity index is 423. The second-order valence-corrected chi connectivity index (χ2v) is 4.99. The number of likely N-dealkylation sites (N-methyl/N-ethyl adjacent to an activating group) is 1. The molecule has 0 spiro atoms. The van der Waals surface area contributed by atoms with E-state index >= 15 is 0 Å². The van der Waals surface area contributed by atoms with Gasteiger partial charge in [-0.2, -0.15) is 5.26 Å². The Hall–Kier alpha value is -1.53. The van der Waals surface area contributed by atoms with Crippen LogP contribution in [0.5, 0.6) is 5.75 Å². The molecule has 0 bridgehead atoms. The number of ether oxygens (including phenoxy) is 1. The van der Waals surface area contributed by atoms with Crippen LogP contribution in [0.1, 0.15) is 39.2 Å². The second-order valence-electron chi connectivity index (χ2n) is 4.99. The molecule has 1 N–H and O–H groups in total. The Labute approximate surface area is 110 Å². The zero-order valence-electron chi connectivity index (χ0n) is 11.7. The number of hydrogen-bond acceptors (Lipinski definition) is 3. The first-order chi connectivity index (χ1) is 8.50. The molecule has 3 nitrogen and oxygen atoms in total. The molecule has 1 unspecified atom stereocenters. The van der Waals surface area contributed by atoms with Crippen molar-refractivity contribution in [2.45, 2.75) is 39.2 Å². The molecule has 0 aliphatic rings. The highest BCUT2D eigenvalue weighted by molar-refractivity contribution is 5.30. The van der Waals surface area contributed by atoms with Gasteiger partial charge in [0, 0.05) is 0 Å². The smallest absolute Gasteiger partial charge is 0.138 e. The van der Waals surface area contributed by atoms with Crippen LogP contribution in [-0.4, -0.2) is 18.7 Å². The molecule has 1 aromatic carbocycles. The van der Waals surface area contributed by atoms with Crippen molar-refractivity contribution in [3.8, 4) is 11.8 Å². The van der Waals surface area contributed by atoms with E-state index in [1.54, 1.807) is 0 Å². The second kappa shape index (κ2) is 6.42. The van der Waals surface area contributed by atoms with Gasteiger partial charge in [0.05, 0.1) is 6.07 Å². The van der Waals surface area contributed by atoms with Crippen LogP contribution in [0.3, 0.4) is 0 Å². The summed E-state index contributed by atoms with van der Waals surface area (Å²) in [6, 6.07) is 10.3. The normalized spacial score (nSPS) is 14.0. The molecule has 1 atom stereocenters. The highest BCUT2D eigenvalue weighted by Crippen LogP contribution is 2.20. The molecule has 0 saturated heterocycles. The third kappa shape index (κ3) is 4.05. The van der Waals surface area contributed by atoms with E-state index in [4.69, 9.17) is 10.00 Å². The summed E-state index contributed by atoms with van der Waals surface area (Å²) in [7, 11) is 0. The molecular formula is C15H22N2O. The summed E-state index contributed by atoms with van der Waals surface area (Å²) in [4.78, 5) is 0. The third-order valence-corrected chi connectivity index (χ3v) is 2.87. The van der Waals surface area contributed by atoms with E-state index in [1.807, 2.05) is 32.0 Å². The minimum Gasteiger partial charge on any atom is -0.491 e. The highest BCUT2D eigenvalue weighted by Gasteiger charge is 2.23. The predicted molar refractivity (Wildman–Crippen MR) is 73.7 cm³/mol. The Balaban J connectivity index is 2.68. The van der Waals surface area contributed by atoms with E-state index < -0.39 is 5.54 Å². The van der Waals surface area contributed by atoms with Gasteiger partial charge in [-0.25, -0.2) is 0 Å². The standard InChI is InChI=1S/C15H22N2O/c1-5-17-15(4,10-16)11-18-14-8-6-7-13(9-14)12(2)3/h6-9,12,17H,5,11H2,1-4H3. The summed E-state index contributed by atoms with van der Waals surface area (Å²) < 4.78 is 5.72. The largest absolute Gasteiger partial charge is 0.491 e. The first-order valence-corrected chi connectivity index (χ1v) is 6.40. The van der Waals surface area contributed by atoms with Crippen molar-refractivity contribution in [1.29, 1.82) is 5.26 Å². The molecule has 0 heterocycles. The van der Waals surface area contributed by atoms with E-state index in [1.165, 1.54) is 5.56 Å². The Kier molecular flexibility index (Phi) is 5.18. The van der Waals surface area contributed by atoms with Gasteiger partial charge in [0.1, 0.15) is 17.9 Å². The molecule has 98 valence electrons.